The molecular formula is C32H27ClN2O3. The number of rotatable bonds is 6. The Bertz CT molecular complexity index is 1520. The van der Waals surface area contributed by atoms with Crippen LogP contribution in [0, 0.1) is 0 Å². The highest BCUT2D eigenvalue weighted by Gasteiger charge is 2.51. The molecule has 1 heterocycles. The van der Waals surface area contributed by atoms with E-state index in [0.717, 1.165) is 22.7 Å². The highest BCUT2D eigenvalue weighted by molar-refractivity contribution is 6.30. The van der Waals surface area contributed by atoms with Crippen molar-refractivity contribution in [3.05, 3.63) is 119 Å². The van der Waals surface area contributed by atoms with Gasteiger partial charge in [0.25, 0.3) is 0 Å². The van der Waals surface area contributed by atoms with Crippen molar-refractivity contribution in [2.24, 2.45) is 0 Å². The maximum absolute atomic E-state index is 12.7. The van der Waals surface area contributed by atoms with Gasteiger partial charge in [-0.15, -0.1) is 0 Å². The van der Waals surface area contributed by atoms with E-state index < -0.39 is 11.5 Å². The van der Waals surface area contributed by atoms with Gasteiger partial charge in [0.2, 0.25) is 0 Å². The van der Waals surface area contributed by atoms with Crippen molar-refractivity contribution in [1.82, 2.24) is 4.98 Å². The fraction of sp³-hybridized carbons (Fsp3) is 0.188. The second-order valence-corrected chi connectivity index (χ2v) is 10.5. The van der Waals surface area contributed by atoms with E-state index in [4.69, 9.17) is 16.3 Å². The van der Waals surface area contributed by atoms with Crippen molar-refractivity contribution in [1.29, 1.82) is 0 Å². The predicted molar refractivity (Wildman–Crippen MR) is 151 cm³/mol. The fourth-order valence-corrected chi connectivity index (χ4v) is 6.19. The van der Waals surface area contributed by atoms with Crippen molar-refractivity contribution in [3.8, 4) is 11.5 Å². The van der Waals surface area contributed by atoms with Gasteiger partial charge in [0.15, 0.2) is 0 Å². The summed E-state index contributed by atoms with van der Waals surface area (Å²) in [4.78, 5) is 16.7. The number of carbonyl (C=O) groups is 1. The minimum atomic E-state index is -1.06. The number of carboxylic acid groups (broad SMARTS) is 1. The number of aromatic nitrogens is 1. The number of allylic oxidation sites excluding steroid dienone is 1. The Hall–Kier alpha value is -4.09. The molecule has 2 N–H and O–H groups in total. The van der Waals surface area contributed by atoms with Gasteiger partial charge in [0, 0.05) is 28.5 Å². The maximum atomic E-state index is 12.7. The van der Waals surface area contributed by atoms with Gasteiger partial charge >= 0.3 is 5.97 Å². The molecule has 0 bridgehead atoms. The zero-order valence-electron chi connectivity index (χ0n) is 20.7. The van der Waals surface area contributed by atoms with Gasteiger partial charge < -0.3 is 15.2 Å². The van der Waals surface area contributed by atoms with E-state index in [1.165, 1.54) is 16.7 Å². The second kappa shape index (κ2) is 9.66. The summed E-state index contributed by atoms with van der Waals surface area (Å²) in [7, 11) is 0. The number of hydrogen-bond acceptors (Lipinski definition) is 4. The first kappa shape index (κ1) is 24.3. The smallest absolute Gasteiger partial charge is 0.329 e. The maximum Gasteiger partial charge on any atom is 0.329 e. The van der Waals surface area contributed by atoms with Gasteiger partial charge in [-0.05, 0) is 96.5 Å². The summed E-state index contributed by atoms with van der Waals surface area (Å²) in [6.45, 7) is 0. The van der Waals surface area contributed by atoms with Crippen molar-refractivity contribution < 1.29 is 14.6 Å². The second-order valence-electron chi connectivity index (χ2n) is 10.1. The Morgan fingerprint density at radius 2 is 1.63 bits per heavy atom. The number of halogens is 1. The number of carboxylic acids is 1. The zero-order chi connectivity index (χ0) is 26.2. The molecule has 3 aromatic carbocycles. The van der Waals surface area contributed by atoms with Crippen LogP contribution in [0.1, 0.15) is 42.4 Å². The summed E-state index contributed by atoms with van der Waals surface area (Å²) in [6, 6.07) is 27.5. The summed E-state index contributed by atoms with van der Waals surface area (Å²) < 4.78 is 6.11. The number of fused-ring (bicyclic) bond motifs is 2. The number of hydrogen-bond donors (Lipinski definition) is 2. The van der Waals surface area contributed by atoms with Gasteiger partial charge in [0.05, 0.1) is 0 Å². The van der Waals surface area contributed by atoms with E-state index in [1.54, 1.807) is 24.5 Å². The van der Waals surface area contributed by atoms with Gasteiger partial charge in [-0.1, -0.05) is 54.1 Å². The summed E-state index contributed by atoms with van der Waals surface area (Å²) in [5, 5.41) is 14.3. The number of benzene rings is 3. The molecule has 6 heteroatoms. The Balaban J connectivity index is 1.34. The molecule has 190 valence electrons. The minimum absolute atomic E-state index is 0.277. The van der Waals surface area contributed by atoms with Crippen LogP contribution in [-0.4, -0.2) is 21.6 Å². The average molecular weight is 523 g/mol. The number of pyridine rings is 1. The summed E-state index contributed by atoms with van der Waals surface area (Å²) in [5.41, 5.74) is 4.12. The van der Waals surface area contributed by atoms with Crippen LogP contribution < -0.4 is 10.1 Å². The van der Waals surface area contributed by atoms with E-state index in [9.17, 15) is 9.90 Å². The summed E-state index contributed by atoms with van der Waals surface area (Å²) in [5.74, 6) is 0.641. The topological polar surface area (TPSA) is 71.5 Å². The molecular weight excluding hydrogens is 496 g/mol. The van der Waals surface area contributed by atoms with Crippen LogP contribution in [0.25, 0.3) is 11.6 Å². The first-order valence-electron chi connectivity index (χ1n) is 12.7. The van der Waals surface area contributed by atoms with E-state index in [2.05, 4.69) is 52.8 Å². The highest BCUT2D eigenvalue weighted by atomic mass is 35.5. The lowest BCUT2D eigenvalue weighted by Crippen LogP contribution is -2.52. The van der Waals surface area contributed by atoms with Crippen LogP contribution >= 0.6 is 11.6 Å². The number of nitrogens with one attached hydrogen (secondary N) is 1. The zero-order valence-corrected chi connectivity index (χ0v) is 21.5. The Morgan fingerprint density at radius 1 is 0.868 bits per heavy atom. The van der Waals surface area contributed by atoms with E-state index >= 15 is 0 Å². The van der Waals surface area contributed by atoms with Crippen molar-refractivity contribution in [2.75, 3.05) is 5.32 Å². The quantitative estimate of drug-likeness (QED) is 0.270. The lowest BCUT2D eigenvalue weighted by atomic mass is 9.61. The molecule has 0 atom stereocenters. The third-order valence-corrected chi connectivity index (χ3v) is 8.13. The third kappa shape index (κ3) is 4.33. The van der Waals surface area contributed by atoms with Crippen LogP contribution in [0.4, 0.5) is 5.69 Å². The molecule has 5 nitrogen and oxygen atoms in total. The molecule has 1 saturated carbocycles. The first-order chi connectivity index (χ1) is 18.5. The highest BCUT2D eigenvalue weighted by Crippen LogP contribution is 2.57. The molecule has 4 aromatic rings. The van der Waals surface area contributed by atoms with Crippen LogP contribution in [0.2, 0.25) is 5.02 Å². The number of nitrogens with zero attached hydrogens (tertiary/aromatic N) is 1. The lowest BCUT2D eigenvalue weighted by molar-refractivity contribution is -0.143. The largest absolute Gasteiger partial charge is 0.480 e. The van der Waals surface area contributed by atoms with Gasteiger partial charge in [-0.2, -0.15) is 0 Å². The minimum Gasteiger partial charge on any atom is -0.480 e. The van der Waals surface area contributed by atoms with Crippen molar-refractivity contribution in [2.45, 2.75) is 36.6 Å². The molecule has 1 fully saturated rings. The normalized spacial score (nSPS) is 22.0. The number of anilines is 1. The standard InChI is InChI=1S/C32H27ClN2O3/c33-24-7-4-8-25(21-24)35-32(30(36)37)15-13-31(14-16-32)28-10-2-1-5-23(28)20-29(31)22-6-3-9-27(19-22)38-26-11-17-34-18-12-26/h1-12,17-21,35H,13-16H2,(H,36,37). The Labute approximate surface area is 226 Å². The van der Waals surface area contributed by atoms with Crippen molar-refractivity contribution >= 4 is 34.9 Å². The molecule has 0 radical (unpaired) electrons. The molecule has 0 saturated heterocycles. The fourth-order valence-electron chi connectivity index (χ4n) is 6.00. The average Bonchev–Trinajstić information content (AvgIpc) is 3.25. The molecule has 2 aliphatic carbocycles. The van der Waals surface area contributed by atoms with Crippen LogP contribution in [0.5, 0.6) is 11.5 Å². The summed E-state index contributed by atoms with van der Waals surface area (Å²) in [6.07, 6.45) is 8.04. The molecule has 0 aliphatic heterocycles. The predicted octanol–water partition coefficient (Wildman–Crippen LogP) is 7.83. The SMILES string of the molecule is O=C(O)C1(Nc2cccc(Cl)c2)CCC2(CC1)C(c1cccc(Oc3ccncc3)c1)=Cc1ccccc12. The van der Waals surface area contributed by atoms with E-state index in [-0.39, 0.29) is 5.41 Å². The molecule has 1 aromatic heterocycles. The first-order valence-corrected chi connectivity index (χ1v) is 13.1. The molecule has 38 heavy (non-hydrogen) atoms. The van der Waals surface area contributed by atoms with Gasteiger partial charge in [-0.25, -0.2) is 4.79 Å². The number of aliphatic carboxylic acids is 1. The van der Waals surface area contributed by atoms with Crippen LogP contribution in [0.3, 0.4) is 0 Å². The number of ether oxygens (including phenoxy) is 1. The lowest BCUT2D eigenvalue weighted by Gasteiger charge is -2.45. The Morgan fingerprint density at radius 3 is 2.39 bits per heavy atom. The van der Waals surface area contributed by atoms with E-state index in [0.29, 0.717) is 30.7 Å². The van der Waals surface area contributed by atoms with Crippen LogP contribution in [0.15, 0.2) is 97.3 Å². The molecule has 1 spiro atoms. The van der Waals surface area contributed by atoms with E-state index in [1.807, 2.05) is 36.4 Å². The van der Waals surface area contributed by atoms with Gasteiger partial charge in [-0.3, -0.25) is 4.98 Å². The molecule has 0 amide bonds. The summed E-state index contributed by atoms with van der Waals surface area (Å²) >= 11 is 6.18. The van der Waals surface area contributed by atoms with Crippen molar-refractivity contribution in [3.63, 3.8) is 0 Å². The Kier molecular flexibility index (Phi) is 6.16. The monoisotopic (exact) mass is 522 g/mol. The third-order valence-electron chi connectivity index (χ3n) is 7.90. The van der Waals surface area contributed by atoms with Crippen LogP contribution in [-0.2, 0) is 10.2 Å². The van der Waals surface area contributed by atoms with Gasteiger partial charge in [0.1, 0.15) is 17.0 Å². The molecule has 6 rings (SSSR count). The molecule has 2 aliphatic rings. The molecule has 0 unspecified atom stereocenters.